The Balaban J connectivity index is 2.04. The van der Waals surface area contributed by atoms with Gasteiger partial charge in [0.05, 0.1) is 0 Å². The zero-order chi connectivity index (χ0) is 13.0. The van der Waals surface area contributed by atoms with Crippen molar-refractivity contribution in [2.45, 2.75) is 13.5 Å². The van der Waals surface area contributed by atoms with Gasteiger partial charge in [-0.05, 0) is 24.6 Å². The molecule has 92 valence electrons. The standard InChI is InChI=1S/C12H12N4O2/c1-8-2-3-9(6-14-8)7-15-12-13-5-4-10(16-12)11(17)18/h2-6H,7H2,1H3,(H,17,18)(H,13,15,16). The number of anilines is 1. The maximum absolute atomic E-state index is 10.7. The molecule has 18 heavy (non-hydrogen) atoms. The van der Waals surface area contributed by atoms with E-state index < -0.39 is 5.97 Å². The lowest BCUT2D eigenvalue weighted by Gasteiger charge is -2.05. The maximum Gasteiger partial charge on any atom is 0.354 e. The number of aromatic nitrogens is 3. The first-order chi connectivity index (χ1) is 8.65. The number of aromatic carboxylic acids is 1. The first-order valence-corrected chi connectivity index (χ1v) is 5.37. The number of carboxylic acid groups (broad SMARTS) is 1. The van der Waals surface area contributed by atoms with Gasteiger partial charge in [0.2, 0.25) is 5.95 Å². The van der Waals surface area contributed by atoms with Gasteiger partial charge in [-0.1, -0.05) is 6.07 Å². The van der Waals surface area contributed by atoms with Crippen molar-refractivity contribution in [2.24, 2.45) is 0 Å². The molecule has 0 fully saturated rings. The molecule has 2 aromatic rings. The molecule has 2 heterocycles. The van der Waals surface area contributed by atoms with Crippen LogP contribution in [0.5, 0.6) is 0 Å². The minimum Gasteiger partial charge on any atom is -0.477 e. The number of hydrogen-bond donors (Lipinski definition) is 2. The van der Waals surface area contributed by atoms with E-state index in [-0.39, 0.29) is 11.6 Å². The van der Waals surface area contributed by atoms with Crippen LogP contribution in [0, 0.1) is 6.92 Å². The molecule has 0 aliphatic rings. The first-order valence-electron chi connectivity index (χ1n) is 5.37. The lowest BCUT2D eigenvalue weighted by Crippen LogP contribution is -2.07. The van der Waals surface area contributed by atoms with Gasteiger partial charge in [0, 0.05) is 24.6 Å². The Labute approximate surface area is 104 Å². The summed E-state index contributed by atoms with van der Waals surface area (Å²) in [4.78, 5) is 22.7. The molecule has 0 amide bonds. The molecule has 2 N–H and O–H groups in total. The molecule has 6 nitrogen and oxygen atoms in total. The Morgan fingerprint density at radius 2 is 2.17 bits per heavy atom. The zero-order valence-corrected chi connectivity index (χ0v) is 9.79. The van der Waals surface area contributed by atoms with Crippen molar-refractivity contribution in [3.05, 3.63) is 47.5 Å². The minimum atomic E-state index is -1.07. The average Bonchev–Trinajstić information content (AvgIpc) is 2.38. The van der Waals surface area contributed by atoms with Crippen LogP contribution in [0.1, 0.15) is 21.7 Å². The number of nitrogens with zero attached hydrogens (tertiary/aromatic N) is 3. The Morgan fingerprint density at radius 1 is 1.33 bits per heavy atom. The molecule has 0 radical (unpaired) electrons. The summed E-state index contributed by atoms with van der Waals surface area (Å²) >= 11 is 0. The van der Waals surface area contributed by atoms with Crippen molar-refractivity contribution in [1.82, 2.24) is 15.0 Å². The van der Waals surface area contributed by atoms with E-state index in [9.17, 15) is 4.79 Å². The minimum absolute atomic E-state index is 0.0328. The summed E-state index contributed by atoms with van der Waals surface area (Å²) in [5, 5.41) is 11.7. The predicted octanol–water partition coefficient (Wildman–Crippen LogP) is 1.49. The van der Waals surface area contributed by atoms with Crippen LogP contribution in [0.2, 0.25) is 0 Å². The topological polar surface area (TPSA) is 88.0 Å². The van der Waals surface area contributed by atoms with Crippen LogP contribution >= 0.6 is 0 Å². The Morgan fingerprint density at radius 3 is 2.83 bits per heavy atom. The van der Waals surface area contributed by atoms with Crippen LogP contribution < -0.4 is 5.32 Å². The van der Waals surface area contributed by atoms with Gasteiger partial charge in [-0.25, -0.2) is 14.8 Å². The summed E-state index contributed by atoms with van der Waals surface area (Å²) in [6, 6.07) is 5.20. The molecular formula is C12H12N4O2. The Kier molecular flexibility index (Phi) is 3.47. The van der Waals surface area contributed by atoms with Gasteiger partial charge >= 0.3 is 5.97 Å². The van der Waals surface area contributed by atoms with Crippen LogP contribution in [0.15, 0.2) is 30.6 Å². The van der Waals surface area contributed by atoms with Gasteiger partial charge in [-0.3, -0.25) is 4.98 Å². The molecule has 0 saturated carbocycles. The van der Waals surface area contributed by atoms with E-state index in [1.807, 2.05) is 19.1 Å². The van der Waals surface area contributed by atoms with Crippen molar-refractivity contribution in [1.29, 1.82) is 0 Å². The molecule has 0 atom stereocenters. The van der Waals surface area contributed by atoms with Crippen LogP contribution in [0.3, 0.4) is 0 Å². The molecule has 6 heteroatoms. The van der Waals surface area contributed by atoms with Gasteiger partial charge in [0.1, 0.15) is 0 Å². The molecule has 0 aliphatic carbocycles. The van der Waals surface area contributed by atoms with Crippen LogP contribution in [0.25, 0.3) is 0 Å². The monoisotopic (exact) mass is 244 g/mol. The fraction of sp³-hybridized carbons (Fsp3) is 0.167. The van der Waals surface area contributed by atoms with E-state index in [0.29, 0.717) is 6.54 Å². The van der Waals surface area contributed by atoms with E-state index in [4.69, 9.17) is 5.11 Å². The molecule has 0 bridgehead atoms. The normalized spacial score (nSPS) is 10.1. The van der Waals surface area contributed by atoms with Crippen molar-refractivity contribution in [3.8, 4) is 0 Å². The number of rotatable bonds is 4. The molecule has 0 saturated heterocycles. The quantitative estimate of drug-likeness (QED) is 0.847. The third-order valence-corrected chi connectivity index (χ3v) is 2.30. The molecule has 2 rings (SSSR count). The highest BCUT2D eigenvalue weighted by atomic mass is 16.4. The summed E-state index contributed by atoms with van der Waals surface area (Å²) < 4.78 is 0. The van der Waals surface area contributed by atoms with E-state index in [2.05, 4.69) is 20.3 Å². The van der Waals surface area contributed by atoms with Gasteiger partial charge in [0.25, 0.3) is 0 Å². The predicted molar refractivity (Wildman–Crippen MR) is 65.3 cm³/mol. The van der Waals surface area contributed by atoms with Crippen molar-refractivity contribution in [2.75, 3.05) is 5.32 Å². The smallest absolute Gasteiger partial charge is 0.354 e. The van der Waals surface area contributed by atoms with Crippen molar-refractivity contribution < 1.29 is 9.90 Å². The number of nitrogens with one attached hydrogen (secondary N) is 1. The number of carbonyl (C=O) groups is 1. The summed E-state index contributed by atoms with van der Waals surface area (Å²) in [7, 11) is 0. The van der Waals surface area contributed by atoms with Gasteiger partial charge in [-0.2, -0.15) is 0 Å². The number of pyridine rings is 1. The third-order valence-electron chi connectivity index (χ3n) is 2.30. The highest BCUT2D eigenvalue weighted by Crippen LogP contribution is 2.04. The summed E-state index contributed by atoms with van der Waals surface area (Å²) in [6.07, 6.45) is 3.16. The fourth-order valence-corrected chi connectivity index (χ4v) is 1.35. The number of carboxylic acids is 1. The fourth-order valence-electron chi connectivity index (χ4n) is 1.35. The molecule has 0 aromatic carbocycles. The van der Waals surface area contributed by atoms with E-state index in [1.54, 1.807) is 6.20 Å². The van der Waals surface area contributed by atoms with Crippen LogP contribution in [0.4, 0.5) is 5.95 Å². The highest BCUT2D eigenvalue weighted by molar-refractivity contribution is 5.85. The second kappa shape index (κ2) is 5.22. The number of hydrogen-bond acceptors (Lipinski definition) is 5. The lowest BCUT2D eigenvalue weighted by atomic mass is 10.2. The second-order valence-electron chi connectivity index (χ2n) is 3.73. The second-order valence-corrected chi connectivity index (χ2v) is 3.73. The summed E-state index contributed by atoms with van der Waals surface area (Å²) in [6.45, 7) is 2.41. The van der Waals surface area contributed by atoms with Crippen LogP contribution in [-0.2, 0) is 6.54 Å². The SMILES string of the molecule is Cc1ccc(CNc2nccc(C(=O)O)n2)cn1. The molecule has 2 aromatic heterocycles. The molecule has 0 spiro atoms. The Bertz CT molecular complexity index is 554. The maximum atomic E-state index is 10.7. The highest BCUT2D eigenvalue weighted by Gasteiger charge is 2.05. The molecule has 0 aliphatic heterocycles. The van der Waals surface area contributed by atoms with Crippen molar-refractivity contribution >= 4 is 11.9 Å². The average molecular weight is 244 g/mol. The van der Waals surface area contributed by atoms with Gasteiger partial charge in [-0.15, -0.1) is 0 Å². The lowest BCUT2D eigenvalue weighted by molar-refractivity contribution is 0.0690. The van der Waals surface area contributed by atoms with E-state index in [0.717, 1.165) is 11.3 Å². The Hall–Kier alpha value is -2.50. The van der Waals surface area contributed by atoms with Crippen LogP contribution in [-0.4, -0.2) is 26.0 Å². The zero-order valence-electron chi connectivity index (χ0n) is 9.79. The van der Waals surface area contributed by atoms with Crippen molar-refractivity contribution in [3.63, 3.8) is 0 Å². The third kappa shape index (κ3) is 3.00. The summed E-state index contributed by atoms with van der Waals surface area (Å²) in [5.41, 5.74) is 1.89. The molecule has 0 unspecified atom stereocenters. The van der Waals surface area contributed by atoms with Gasteiger partial charge in [0.15, 0.2) is 5.69 Å². The summed E-state index contributed by atoms with van der Waals surface area (Å²) in [5.74, 6) is -0.784. The number of aryl methyl sites for hydroxylation is 1. The molecular weight excluding hydrogens is 232 g/mol. The largest absolute Gasteiger partial charge is 0.477 e. The first kappa shape index (κ1) is 12.0. The van der Waals surface area contributed by atoms with Gasteiger partial charge < -0.3 is 10.4 Å². The van der Waals surface area contributed by atoms with E-state index in [1.165, 1.54) is 12.3 Å². The van der Waals surface area contributed by atoms with E-state index >= 15 is 0 Å².